The molecule has 8 heteroatoms. The van der Waals surface area contributed by atoms with Gasteiger partial charge in [0.1, 0.15) is 6.04 Å². The largest absolute Gasteiger partial charge is 0.463 e. The predicted octanol–water partition coefficient (Wildman–Crippen LogP) is 2.11. The Balaban J connectivity index is 1.55. The molecule has 152 valence electrons. The summed E-state index contributed by atoms with van der Waals surface area (Å²) >= 11 is 0. The molecule has 1 atom stereocenters. The van der Waals surface area contributed by atoms with E-state index in [4.69, 9.17) is 4.42 Å². The maximum absolute atomic E-state index is 12.8. The number of rotatable bonds is 7. The first-order chi connectivity index (χ1) is 13.5. The van der Waals surface area contributed by atoms with Crippen molar-refractivity contribution in [3.05, 3.63) is 48.4 Å². The van der Waals surface area contributed by atoms with E-state index in [1.165, 1.54) is 0 Å². The molecule has 3 rings (SSSR count). The lowest BCUT2D eigenvalue weighted by Gasteiger charge is -2.20. The minimum Gasteiger partial charge on any atom is -0.463 e. The van der Waals surface area contributed by atoms with Crippen LogP contribution in [0.1, 0.15) is 44.4 Å². The number of nitrogens with one attached hydrogen (secondary N) is 1. The number of anilines is 1. The van der Waals surface area contributed by atoms with Crippen molar-refractivity contribution < 1.29 is 22.9 Å². The molecule has 0 saturated carbocycles. The van der Waals surface area contributed by atoms with E-state index in [0.29, 0.717) is 18.8 Å². The lowest BCUT2D eigenvalue weighted by atomic mass is 10.2. The summed E-state index contributed by atoms with van der Waals surface area (Å²) in [5.74, 6) is 0.664. The molecule has 1 amide bonds. The van der Waals surface area contributed by atoms with Crippen LogP contribution in [0.5, 0.6) is 0 Å². The smallest absolute Gasteiger partial charge is 0.279 e. The third-order valence-corrected chi connectivity index (χ3v) is 6.90. The van der Waals surface area contributed by atoms with Crippen LogP contribution >= 0.6 is 0 Å². The maximum Gasteiger partial charge on any atom is 0.279 e. The van der Waals surface area contributed by atoms with Crippen LogP contribution in [-0.2, 0) is 14.8 Å². The van der Waals surface area contributed by atoms with Crippen LogP contribution in [0.15, 0.2) is 52.0 Å². The lowest BCUT2D eigenvalue weighted by Crippen LogP contribution is -2.86. The molecule has 1 fully saturated rings. The summed E-state index contributed by atoms with van der Waals surface area (Å²) < 4.78 is 32.5. The van der Waals surface area contributed by atoms with Gasteiger partial charge >= 0.3 is 0 Å². The van der Waals surface area contributed by atoms with E-state index in [1.807, 2.05) is 24.4 Å². The van der Waals surface area contributed by atoms with E-state index >= 15 is 0 Å². The molecule has 0 aliphatic carbocycles. The van der Waals surface area contributed by atoms with Crippen LogP contribution in [0.2, 0.25) is 0 Å². The summed E-state index contributed by atoms with van der Waals surface area (Å²) in [6, 6.07) is 10.1. The van der Waals surface area contributed by atoms with Gasteiger partial charge in [0.25, 0.3) is 5.91 Å². The number of furan rings is 1. The van der Waals surface area contributed by atoms with Crippen LogP contribution in [0, 0.1) is 0 Å². The van der Waals surface area contributed by atoms with Crippen molar-refractivity contribution in [2.24, 2.45) is 0 Å². The van der Waals surface area contributed by atoms with E-state index < -0.39 is 10.0 Å². The predicted molar refractivity (Wildman–Crippen MR) is 106 cm³/mol. The monoisotopic (exact) mass is 406 g/mol. The highest BCUT2D eigenvalue weighted by molar-refractivity contribution is 7.89. The number of hydrogen-bond donors (Lipinski definition) is 2. The Kier molecular flexibility index (Phi) is 6.88. The fraction of sp³-hybridized carbons (Fsp3) is 0.450. The molecule has 0 radical (unpaired) electrons. The second-order valence-corrected chi connectivity index (χ2v) is 9.07. The van der Waals surface area contributed by atoms with E-state index in [1.54, 1.807) is 34.8 Å². The second-order valence-electron chi connectivity index (χ2n) is 7.13. The zero-order valence-corrected chi connectivity index (χ0v) is 17.0. The molecule has 0 spiro atoms. The Hall–Kier alpha value is -2.16. The second kappa shape index (κ2) is 9.36. The van der Waals surface area contributed by atoms with Gasteiger partial charge < -0.3 is 15.1 Å². The standard InChI is InChI=1S/C20H27N3O4S/c1-16(19-7-6-14-27-19)21-15-20(24)22-17-8-10-18(11-9-17)28(25,26)23-12-4-2-3-5-13-23/h6-11,14,16,21H,2-5,12-13,15H2,1H3,(H,22,24)/p+1/t16-/m1/s1. The molecule has 0 bridgehead atoms. The number of sulfonamides is 1. The highest BCUT2D eigenvalue weighted by Gasteiger charge is 2.25. The van der Waals surface area contributed by atoms with Crippen molar-refractivity contribution in [1.29, 1.82) is 0 Å². The summed E-state index contributed by atoms with van der Waals surface area (Å²) in [7, 11) is -3.47. The van der Waals surface area contributed by atoms with Gasteiger partial charge in [0, 0.05) is 18.8 Å². The molecule has 1 aromatic heterocycles. The lowest BCUT2D eigenvalue weighted by molar-refractivity contribution is -0.684. The third-order valence-electron chi connectivity index (χ3n) is 4.99. The van der Waals surface area contributed by atoms with Crippen LogP contribution < -0.4 is 10.6 Å². The SMILES string of the molecule is C[C@@H]([NH2+]CC(=O)Nc1ccc(S(=O)(=O)N2CCCCCC2)cc1)c1ccco1. The summed E-state index contributed by atoms with van der Waals surface area (Å²) in [4.78, 5) is 12.4. The quantitative estimate of drug-likeness (QED) is 0.736. The van der Waals surface area contributed by atoms with E-state index in [2.05, 4.69) is 5.32 Å². The molecule has 1 aliphatic rings. The van der Waals surface area contributed by atoms with Crippen LogP contribution in [0.25, 0.3) is 0 Å². The third kappa shape index (κ3) is 5.21. The van der Waals surface area contributed by atoms with E-state index in [9.17, 15) is 13.2 Å². The van der Waals surface area contributed by atoms with Crippen molar-refractivity contribution in [3.63, 3.8) is 0 Å². The molecule has 1 saturated heterocycles. The van der Waals surface area contributed by atoms with Gasteiger partial charge in [0.05, 0.1) is 11.2 Å². The van der Waals surface area contributed by atoms with Gasteiger partial charge in [-0.25, -0.2) is 8.42 Å². The average Bonchev–Trinajstić information content (AvgIpc) is 3.08. The van der Waals surface area contributed by atoms with Gasteiger partial charge in [-0.15, -0.1) is 0 Å². The summed E-state index contributed by atoms with van der Waals surface area (Å²) in [6.07, 6.45) is 5.57. The topological polar surface area (TPSA) is 96.2 Å². The molecule has 7 nitrogen and oxygen atoms in total. The van der Waals surface area contributed by atoms with Crippen molar-refractivity contribution in [3.8, 4) is 0 Å². The molecule has 0 unspecified atom stereocenters. The molecule has 1 aromatic carbocycles. The van der Waals surface area contributed by atoms with Gasteiger partial charge in [-0.1, -0.05) is 12.8 Å². The van der Waals surface area contributed by atoms with Gasteiger partial charge in [-0.2, -0.15) is 4.31 Å². The van der Waals surface area contributed by atoms with Crippen LogP contribution in [0.3, 0.4) is 0 Å². The van der Waals surface area contributed by atoms with Gasteiger partial charge in [0.2, 0.25) is 10.0 Å². The number of hydrogen-bond acceptors (Lipinski definition) is 4. The minimum absolute atomic E-state index is 0.0434. The normalized spacial score (nSPS) is 17.0. The Morgan fingerprint density at radius 3 is 2.43 bits per heavy atom. The molecule has 2 heterocycles. The molecular formula is C20H28N3O4S+. The number of carbonyl (C=O) groups is 1. The Morgan fingerprint density at radius 2 is 1.82 bits per heavy atom. The highest BCUT2D eigenvalue weighted by atomic mass is 32.2. The molecule has 28 heavy (non-hydrogen) atoms. The maximum atomic E-state index is 12.8. The van der Waals surface area contributed by atoms with Crippen molar-refractivity contribution in [1.82, 2.24) is 4.31 Å². The Morgan fingerprint density at radius 1 is 1.14 bits per heavy atom. The average molecular weight is 407 g/mol. The molecular weight excluding hydrogens is 378 g/mol. The first-order valence-corrected chi connectivity index (χ1v) is 11.2. The number of nitrogens with zero attached hydrogens (tertiary/aromatic N) is 1. The van der Waals surface area contributed by atoms with Gasteiger partial charge in [-0.3, -0.25) is 4.79 Å². The highest BCUT2D eigenvalue weighted by Crippen LogP contribution is 2.21. The first kappa shape index (κ1) is 20.6. The van der Waals surface area contributed by atoms with Crippen LogP contribution in [0.4, 0.5) is 5.69 Å². The number of nitrogens with two attached hydrogens (primary N) is 1. The van der Waals surface area contributed by atoms with Crippen LogP contribution in [-0.4, -0.2) is 38.3 Å². The van der Waals surface area contributed by atoms with Gasteiger partial charge in [-0.05, 0) is 56.2 Å². The summed E-state index contributed by atoms with van der Waals surface area (Å²) in [5, 5.41) is 4.68. The number of quaternary nitrogens is 1. The first-order valence-electron chi connectivity index (χ1n) is 9.73. The Labute approximate surface area is 166 Å². The van der Waals surface area contributed by atoms with Gasteiger partial charge in [0.15, 0.2) is 12.3 Å². The summed E-state index contributed by atoms with van der Waals surface area (Å²) in [6.45, 7) is 3.36. The zero-order valence-electron chi connectivity index (χ0n) is 16.1. The fourth-order valence-corrected chi connectivity index (χ4v) is 4.82. The minimum atomic E-state index is -3.47. The van der Waals surface area contributed by atoms with Crippen molar-refractivity contribution >= 4 is 21.6 Å². The Bertz CT molecular complexity index is 855. The molecule has 3 N–H and O–H groups in total. The number of benzene rings is 1. The molecule has 1 aliphatic heterocycles. The van der Waals surface area contributed by atoms with E-state index in [-0.39, 0.29) is 23.4 Å². The number of amides is 1. The zero-order chi connectivity index (χ0) is 20.0. The summed E-state index contributed by atoms with van der Waals surface area (Å²) in [5.41, 5.74) is 0.582. The fourth-order valence-electron chi connectivity index (χ4n) is 3.30. The van der Waals surface area contributed by atoms with Crippen molar-refractivity contribution in [2.45, 2.75) is 43.5 Å². The van der Waals surface area contributed by atoms with Crippen molar-refractivity contribution in [2.75, 3.05) is 25.0 Å². The van der Waals surface area contributed by atoms with E-state index in [0.717, 1.165) is 31.4 Å². The number of carbonyl (C=O) groups excluding carboxylic acids is 1. The molecule has 2 aromatic rings.